The highest BCUT2D eigenvalue weighted by Gasteiger charge is 2.38. The lowest BCUT2D eigenvalue weighted by atomic mass is 9.77. The van der Waals surface area contributed by atoms with Crippen molar-refractivity contribution in [2.24, 2.45) is 5.41 Å². The fraction of sp³-hybridized carbons (Fsp3) is 0.588. The number of carbonyl (C=O) groups excluding carboxylic acids is 1. The molecule has 0 radical (unpaired) electrons. The second-order valence-corrected chi connectivity index (χ2v) is 6.66. The Morgan fingerprint density at radius 3 is 2.85 bits per heavy atom. The normalized spacial score (nSPS) is 21.5. The predicted molar refractivity (Wildman–Crippen MR) is 82.5 cm³/mol. The molecule has 1 atom stereocenters. The first-order chi connectivity index (χ1) is 9.40. The summed E-state index contributed by atoms with van der Waals surface area (Å²) in [7, 11) is 1.90. The molecule has 1 aromatic rings. The van der Waals surface area contributed by atoms with Gasteiger partial charge in [-0.05, 0) is 37.3 Å². The summed E-state index contributed by atoms with van der Waals surface area (Å²) in [5, 5.41) is 3.40. The maximum absolute atomic E-state index is 12.7. The molecule has 3 nitrogen and oxygen atoms in total. The van der Waals surface area contributed by atoms with Crippen molar-refractivity contribution in [1.82, 2.24) is 10.2 Å². The van der Waals surface area contributed by atoms with E-state index >= 15 is 0 Å². The van der Waals surface area contributed by atoms with Crippen molar-refractivity contribution in [2.45, 2.75) is 46.2 Å². The highest BCUT2D eigenvalue weighted by atomic mass is 16.2. The van der Waals surface area contributed by atoms with Crippen LogP contribution in [0.25, 0.3) is 0 Å². The van der Waals surface area contributed by atoms with E-state index in [-0.39, 0.29) is 17.4 Å². The van der Waals surface area contributed by atoms with Gasteiger partial charge in [0, 0.05) is 13.6 Å². The van der Waals surface area contributed by atoms with E-state index in [2.05, 4.69) is 44.3 Å². The van der Waals surface area contributed by atoms with E-state index in [1.165, 1.54) is 11.1 Å². The second kappa shape index (κ2) is 5.96. The highest BCUT2D eigenvalue weighted by Crippen LogP contribution is 2.31. The molecule has 1 aliphatic heterocycles. The number of hydrogen-bond acceptors (Lipinski definition) is 2. The van der Waals surface area contributed by atoms with Gasteiger partial charge in [-0.25, -0.2) is 0 Å². The molecule has 0 bridgehead atoms. The van der Waals surface area contributed by atoms with Crippen LogP contribution in [-0.2, 0) is 11.3 Å². The predicted octanol–water partition coefficient (Wildman–Crippen LogP) is 2.73. The number of rotatable bonds is 3. The minimum absolute atomic E-state index is 0.0379. The first-order valence-electron chi connectivity index (χ1n) is 7.44. The summed E-state index contributed by atoms with van der Waals surface area (Å²) in [6, 6.07) is 8.29. The lowest BCUT2D eigenvalue weighted by Gasteiger charge is -2.40. The number of likely N-dealkylation sites (N-methyl/N-ethyl adjacent to an activating group) is 1. The second-order valence-electron chi connectivity index (χ2n) is 6.66. The first kappa shape index (κ1) is 15.0. The van der Waals surface area contributed by atoms with Crippen molar-refractivity contribution in [3.8, 4) is 0 Å². The summed E-state index contributed by atoms with van der Waals surface area (Å²) < 4.78 is 0. The van der Waals surface area contributed by atoms with Gasteiger partial charge in [0.05, 0.1) is 6.04 Å². The van der Waals surface area contributed by atoms with Crippen molar-refractivity contribution in [1.29, 1.82) is 0 Å². The van der Waals surface area contributed by atoms with E-state index < -0.39 is 0 Å². The lowest BCUT2D eigenvalue weighted by molar-refractivity contribution is -0.136. The molecule has 1 fully saturated rings. The maximum atomic E-state index is 12.7. The molecule has 0 aromatic heterocycles. The van der Waals surface area contributed by atoms with Crippen LogP contribution in [-0.4, -0.2) is 30.4 Å². The molecule has 0 saturated carbocycles. The number of amides is 1. The molecule has 1 unspecified atom stereocenters. The number of hydrogen-bond donors (Lipinski definition) is 1. The van der Waals surface area contributed by atoms with Crippen LogP contribution >= 0.6 is 0 Å². The quantitative estimate of drug-likeness (QED) is 0.919. The summed E-state index contributed by atoms with van der Waals surface area (Å²) in [6.45, 7) is 8.06. The molecule has 3 heteroatoms. The Labute approximate surface area is 122 Å². The number of piperidine rings is 1. The minimum atomic E-state index is -0.0638. The number of aryl methyl sites for hydroxylation is 1. The fourth-order valence-corrected chi connectivity index (χ4v) is 3.02. The number of nitrogens with zero attached hydrogens (tertiary/aromatic N) is 1. The zero-order valence-corrected chi connectivity index (χ0v) is 13.1. The van der Waals surface area contributed by atoms with Crippen LogP contribution in [0.1, 0.15) is 37.8 Å². The van der Waals surface area contributed by atoms with Gasteiger partial charge in [-0.2, -0.15) is 0 Å². The average Bonchev–Trinajstić information content (AvgIpc) is 2.37. The Balaban J connectivity index is 2.05. The van der Waals surface area contributed by atoms with Crippen molar-refractivity contribution in [3.05, 3.63) is 35.4 Å². The number of benzene rings is 1. The molecule has 110 valence electrons. The summed E-state index contributed by atoms with van der Waals surface area (Å²) in [5.41, 5.74) is 2.46. The SMILES string of the molecule is Cc1cccc(CN(C)C(=O)C2NCCCC2(C)C)c1. The van der Waals surface area contributed by atoms with Crippen LogP contribution in [0.4, 0.5) is 0 Å². The topological polar surface area (TPSA) is 32.3 Å². The van der Waals surface area contributed by atoms with Crippen molar-refractivity contribution >= 4 is 5.91 Å². The van der Waals surface area contributed by atoms with Gasteiger partial charge in [-0.1, -0.05) is 43.7 Å². The van der Waals surface area contributed by atoms with Gasteiger partial charge in [-0.3, -0.25) is 4.79 Å². The van der Waals surface area contributed by atoms with E-state index in [0.717, 1.165) is 19.4 Å². The standard InChI is InChI=1S/C17H26N2O/c1-13-7-5-8-14(11-13)12-19(4)16(20)15-17(2,3)9-6-10-18-15/h5,7-8,11,15,18H,6,9-10,12H2,1-4H3. The lowest BCUT2D eigenvalue weighted by Crippen LogP contribution is -2.55. The molecule has 2 rings (SSSR count). The van der Waals surface area contributed by atoms with Crippen molar-refractivity contribution < 1.29 is 4.79 Å². The summed E-state index contributed by atoms with van der Waals surface area (Å²) in [5.74, 6) is 0.205. The molecule has 1 N–H and O–H groups in total. The van der Waals surface area contributed by atoms with E-state index in [1.807, 2.05) is 18.0 Å². The molecule has 1 heterocycles. The largest absolute Gasteiger partial charge is 0.340 e. The molecule has 1 amide bonds. The Morgan fingerprint density at radius 2 is 2.20 bits per heavy atom. The zero-order chi connectivity index (χ0) is 14.8. The van der Waals surface area contributed by atoms with Crippen molar-refractivity contribution in [2.75, 3.05) is 13.6 Å². The Morgan fingerprint density at radius 1 is 1.45 bits per heavy atom. The van der Waals surface area contributed by atoms with Crippen molar-refractivity contribution in [3.63, 3.8) is 0 Å². The Bertz CT molecular complexity index is 482. The summed E-state index contributed by atoms with van der Waals surface area (Å²) in [6.07, 6.45) is 2.26. The third-order valence-electron chi connectivity index (χ3n) is 4.25. The van der Waals surface area contributed by atoms with Gasteiger partial charge in [0.25, 0.3) is 0 Å². The van der Waals surface area contributed by atoms with Gasteiger partial charge in [0.2, 0.25) is 5.91 Å². The maximum Gasteiger partial charge on any atom is 0.240 e. The van der Waals surface area contributed by atoms with E-state index in [1.54, 1.807) is 0 Å². The molecule has 0 spiro atoms. The van der Waals surface area contributed by atoms with Crippen LogP contribution in [0.2, 0.25) is 0 Å². The number of carbonyl (C=O) groups is 1. The fourth-order valence-electron chi connectivity index (χ4n) is 3.02. The van der Waals surface area contributed by atoms with Crippen LogP contribution in [0.15, 0.2) is 24.3 Å². The Hall–Kier alpha value is -1.35. The van der Waals surface area contributed by atoms with Crippen LogP contribution < -0.4 is 5.32 Å². The highest BCUT2D eigenvalue weighted by molar-refractivity contribution is 5.82. The smallest absolute Gasteiger partial charge is 0.240 e. The zero-order valence-electron chi connectivity index (χ0n) is 13.1. The molecule has 1 saturated heterocycles. The van der Waals surface area contributed by atoms with Gasteiger partial charge in [0.1, 0.15) is 0 Å². The van der Waals surface area contributed by atoms with Crippen LogP contribution in [0.3, 0.4) is 0 Å². The summed E-state index contributed by atoms with van der Waals surface area (Å²) in [4.78, 5) is 14.5. The van der Waals surface area contributed by atoms with E-state index in [4.69, 9.17) is 0 Å². The molecule has 20 heavy (non-hydrogen) atoms. The first-order valence-corrected chi connectivity index (χ1v) is 7.44. The van der Waals surface area contributed by atoms with E-state index in [0.29, 0.717) is 6.54 Å². The van der Waals surface area contributed by atoms with Crippen LogP contribution in [0.5, 0.6) is 0 Å². The third kappa shape index (κ3) is 3.40. The van der Waals surface area contributed by atoms with E-state index in [9.17, 15) is 4.79 Å². The molecular formula is C17H26N2O. The molecule has 1 aliphatic rings. The Kier molecular flexibility index (Phi) is 4.48. The average molecular weight is 274 g/mol. The molecule has 0 aliphatic carbocycles. The van der Waals surface area contributed by atoms with Gasteiger partial charge < -0.3 is 10.2 Å². The molecular weight excluding hydrogens is 248 g/mol. The van der Waals surface area contributed by atoms with Gasteiger partial charge in [-0.15, -0.1) is 0 Å². The minimum Gasteiger partial charge on any atom is -0.340 e. The third-order valence-corrected chi connectivity index (χ3v) is 4.25. The van der Waals surface area contributed by atoms with Gasteiger partial charge in [0.15, 0.2) is 0 Å². The summed E-state index contributed by atoms with van der Waals surface area (Å²) >= 11 is 0. The van der Waals surface area contributed by atoms with Gasteiger partial charge >= 0.3 is 0 Å². The number of nitrogens with one attached hydrogen (secondary N) is 1. The monoisotopic (exact) mass is 274 g/mol. The molecule has 1 aromatic carbocycles. The van der Waals surface area contributed by atoms with Crippen LogP contribution in [0, 0.1) is 12.3 Å².